The maximum atomic E-state index is 14.2. The molecule has 0 aromatic heterocycles. The SMILES string of the molecule is O=C(CN1CN(c2ccccc2)C2(CCN(C(=O)c3ccccc3F)CC2)C1=O)N1CCOCC1. The van der Waals surface area contributed by atoms with E-state index < -0.39 is 11.4 Å². The third kappa shape index (κ3) is 4.36. The summed E-state index contributed by atoms with van der Waals surface area (Å²) in [6.45, 7) is 3.04. The van der Waals surface area contributed by atoms with Gasteiger partial charge in [-0.1, -0.05) is 30.3 Å². The van der Waals surface area contributed by atoms with Crippen LogP contribution in [0.5, 0.6) is 0 Å². The van der Waals surface area contributed by atoms with Crippen molar-refractivity contribution in [2.24, 2.45) is 0 Å². The number of para-hydroxylation sites is 1. The zero-order valence-corrected chi connectivity index (χ0v) is 19.6. The average molecular weight is 481 g/mol. The van der Waals surface area contributed by atoms with E-state index in [2.05, 4.69) is 4.90 Å². The van der Waals surface area contributed by atoms with Gasteiger partial charge >= 0.3 is 0 Å². The van der Waals surface area contributed by atoms with Crippen molar-refractivity contribution in [1.29, 1.82) is 0 Å². The minimum atomic E-state index is -0.849. The second-order valence-corrected chi connectivity index (χ2v) is 9.20. The van der Waals surface area contributed by atoms with Crippen molar-refractivity contribution in [3.63, 3.8) is 0 Å². The van der Waals surface area contributed by atoms with Gasteiger partial charge < -0.3 is 24.3 Å². The highest BCUT2D eigenvalue weighted by Crippen LogP contribution is 2.39. The van der Waals surface area contributed by atoms with Gasteiger partial charge in [-0.3, -0.25) is 14.4 Å². The number of carbonyl (C=O) groups is 3. The Morgan fingerprint density at radius 3 is 2.23 bits per heavy atom. The van der Waals surface area contributed by atoms with Crippen LogP contribution in [-0.4, -0.2) is 90.6 Å². The van der Waals surface area contributed by atoms with E-state index in [1.54, 1.807) is 26.8 Å². The molecule has 9 heteroatoms. The summed E-state index contributed by atoms with van der Waals surface area (Å²) in [5.41, 5.74) is 0.0912. The second-order valence-electron chi connectivity index (χ2n) is 9.20. The van der Waals surface area contributed by atoms with Crippen LogP contribution in [0.2, 0.25) is 0 Å². The van der Waals surface area contributed by atoms with Crippen LogP contribution in [0.1, 0.15) is 23.2 Å². The molecule has 0 bridgehead atoms. The molecule has 0 atom stereocenters. The smallest absolute Gasteiger partial charge is 0.256 e. The molecule has 0 aliphatic carbocycles. The highest BCUT2D eigenvalue weighted by atomic mass is 19.1. The van der Waals surface area contributed by atoms with Gasteiger partial charge in [-0.05, 0) is 37.1 Å². The minimum Gasteiger partial charge on any atom is -0.378 e. The lowest BCUT2D eigenvalue weighted by atomic mass is 9.85. The van der Waals surface area contributed by atoms with E-state index in [1.807, 2.05) is 30.3 Å². The number of carbonyl (C=O) groups excluding carboxylic acids is 3. The lowest BCUT2D eigenvalue weighted by molar-refractivity contribution is -0.143. The van der Waals surface area contributed by atoms with Gasteiger partial charge in [0.05, 0.1) is 25.4 Å². The number of likely N-dealkylation sites (tertiary alicyclic amines) is 1. The largest absolute Gasteiger partial charge is 0.378 e. The van der Waals surface area contributed by atoms with Gasteiger partial charge in [0.1, 0.15) is 17.9 Å². The number of anilines is 1. The highest BCUT2D eigenvalue weighted by molar-refractivity contribution is 5.97. The van der Waals surface area contributed by atoms with Crippen molar-refractivity contribution >= 4 is 23.4 Å². The van der Waals surface area contributed by atoms with Crippen LogP contribution in [0, 0.1) is 5.82 Å². The molecular weight excluding hydrogens is 451 g/mol. The summed E-state index contributed by atoms with van der Waals surface area (Å²) in [7, 11) is 0. The summed E-state index contributed by atoms with van der Waals surface area (Å²) in [6.07, 6.45) is 0.812. The first-order chi connectivity index (χ1) is 17.0. The fourth-order valence-corrected chi connectivity index (χ4v) is 5.28. The van der Waals surface area contributed by atoms with Crippen molar-refractivity contribution in [2.45, 2.75) is 18.4 Å². The van der Waals surface area contributed by atoms with Crippen LogP contribution in [-0.2, 0) is 14.3 Å². The summed E-state index contributed by atoms with van der Waals surface area (Å²) in [6, 6.07) is 15.6. The number of ether oxygens (including phenoxy) is 1. The van der Waals surface area contributed by atoms with Gasteiger partial charge in [0, 0.05) is 31.9 Å². The highest BCUT2D eigenvalue weighted by Gasteiger charge is 2.54. The van der Waals surface area contributed by atoms with Gasteiger partial charge in [0.15, 0.2) is 0 Å². The summed E-state index contributed by atoms with van der Waals surface area (Å²) in [5, 5.41) is 0. The molecule has 184 valence electrons. The lowest BCUT2D eigenvalue weighted by Gasteiger charge is -2.43. The first kappa shape index (κ1) is 23.3. The number of piperidine rings is 1. The molecule has 35 heavy (non-hydrogen) atoms. The summed E-state index contributed by atoms with van der Waals surface area (Å²) < 4.78 is 19.5. The zero-order chi connectivity index (χ0) is 24.4. The number of halogens is 1. The van der Waals surface area contributed by atoms with Crippen LogP contribution in [0.15, 0.2) is 54.6 Å². The molecule has 0 radical (unpaired) electrons. The molecule has 3 fully saturated rings. The molecule has 2 aromatic carbocycles. The number of benzene rings is 2. The molecule has 0 N–H and O–H groups in total. The van der Waals surface area contributed by atoms with Crippen molar-refractivity contribution in [1.82, 2.24) is 14.7 Å². The molecule has 1 spiro atoms. The van der Waals surface area contributed by atoms with Crippen molar-refractivity contribution < 1.29 is 23.5 Å². The monoisotopic (exact) mass is 480 g/mol. The molecule has 2 aromatic rings. The number of nitrogens with zero attached hydrogens (tertiary/aromatic N) is 4. The summed E-state index contributed by atoms with van der Waals surface area (Å²) in [4.78, 5) is 46.7. The van der Waals surface area contributed by atoms with E-state index in [1.165, 1.54) is 12.1 Å². The normalized spacial score (nSPS) is 20.0. The third-order valence-corrected chi connectivity index (χ3v) is 7.25. The standard InChI is InChI=1S/C26H29FN4O4/c27-22-9-5-4-8-21(22)24(33)29-12-10-26(11-13-29)25(34)30(18-23(32)28-14-16-35-17-15-28)19-31(26)20-6-2-1-3-7-20/h1-9H,10-19H2. The zero-order valence-electron chi connectivity index (χ0n) is 19.6. The Kier molecular flexibility index (Phi) is 6.42. The molecule has 5 rings (SSSR count). The van der Waals surface area contributed by atoms with Gasteiger partial charge in [0.25, 0.3) is 11.8 Å². The number of amides is 3. The van der Waals surface area contributed by atoms with Crippen LogP contribution in [0.3, 0.4) is 0 Å². The Bertz CT molecular complexity index is 1100. The first-order valence-corrected chi connectivity index (χ1v) is 12.0. The number of morpholine rings is 1. The quantitative estimate of drug-likeness (QED) is 0.669. The molecule has 3 saturated heterocycles. The average Bonchev–Trinajstić information content (AvgIpc) is 3.16. The Balaban J connectivity index is 1.35. The van der Waals surface area contributed by atoms with E-state index in [0.717, 1.165) is 5.69 Å². The fraction of sp³-hybridized carbons (Fsp3) is 0.423. The molecule has 8 nitrogen and oxygen atoms in total. The van der Waals surface area contributed by atoms with Crippen molar-refractivity contribution in [3.05, 3.63) is 66.0 Å². The minimum absolute atomic E-state index is 0.0157. The fourth-order valence-electron chi connectivity index (χ4n) is 5.28. The topological polar surface area (TPSA) is 73.4 Å². The number of hydrogen-bond acceptors (Lipinski definition) is 5. The molecule has 3 amide bonds. The molecule has 3 aliphatic heterocycles. The Hall–Kier alpha value is -3.46. The number of rotatable bonds is 4. The summed E-state index contributed by atoms with van der Waals surface area (Å²) >= 11 is 0. The Morgan fingerprint density at radius 2 is 1.54 bits per heavy atom. The van der Waals surface area contributed by atoms with E-state index in [0.29, 0.717) is 58.9 Å². The second kappa shape index (κ2) is 9.65. The van der Waals surface area contributed by atoms with Gasteiger partial charge in [0.2, 0.25) is 5.91 Å². The Morgan fingerprint density at radius 1 is 0.886 bits per heavy atom. The van der Waals surface area contributed by atoms with E-state index >= 15 is 0 Å². The lowest BCUT2D eigenvalue weighted by Crippen LogP contribution is -2.57. The predicted octanol–water partition coefficient (Wildman–Crippen LogP) is 1.97. The molecular formula is C26H29FN4O4. The molecule has 3 heterocycles. The summed E-state index contributed by atoms with van der Waals surface area (Å²) in [5.74, 6) is -1.10. The predicted molar refractivity (Wildman–Crippen MR) is 127 cm³/mol. The van der Waals surface area contributed by atoms with Crippen LogP contribution < -0.4 is 4.90 Å². The van der Waals surface area contributed by atoms with Crippen LogP contribution >= 0.6 is 0 Å². The van der Waals surface area contributed by atoms with Gasteiger partial charge in [-0.25, -0.2) is 4.39 Å². The molecule has 0 unspecified atom stereocenters. The van der Waals surface area contributed by atoms with E-state index in [4.69, 9.17) is 4.74 Å². The maximum Gasteiger partial charge on any atom is 0.256 e. The molecule has 3 aliphatic rings. The molecule has 0 saturated carbocycles. The Labute approximate surface area is 203 Å². The van der Waals surface area contributed by atoms with Gasteiger partial charge in [-0.15, -0.1) is 0 Å². The maximum absolute atomic E-state index is 14.2. The number of hydrogen-bond donors (Lipinski definition) is 0. The van der Waals surface area contributed by atoms with Gasteiger partial charge in [-0.2, -0.15) is 0 Å². The van der Waals surface area contributed by atoms with E-state index in [9.17, 15) is 18.8 Å². The van der Waals surface area contributed by atoms with Crippen LogP contribution in [0.25, 0.3) is 0 Å². The van der Waals surface area contributed by atoms with Crippen molar-refractivity contribution in [3.8, 4) is 0 Å². The third-order valence-electron chi connectivity index (χ3n) is 7.25. The first-order valence-electron chi connectivity index (χ1n) is 12.0. The van der Waals surface area contributed by atoms with Crippen molar-refractivity contribution in [2.75, 3.05) is 57.5 Å². The van der Waals surface area contributed by atoms with Crippen LogP contribution in [0.4, 0.5) is 10.1 Å². The van der Waals surface area contributed by atoms with E-state index in [-0.39, 0.29) is 29.8 Å².